The molecular weight excluding hydrogens is 216 g/mol. The predicted molar refractivity (Wildman–Crippen MR) is 57.8 cm³/mol. The van der Waals surface area contributed by atoms with E-state index in [9.17, 15) is 13.2 Å². The van der Waals surface area contributed by atoms with Crippen molar-refractivity contribution in [3.8, 4) is 0 Å². The van der Waals surface area contributed by atoms with Crippen LogP contribution in [0.1, 0.15) is 19.8 Å². The fraction of sp³-hybridized carbons (Fsp3) is 0.889. The third-order valence-corrected chi connectivity index (χ3v) is 3.39. The summed E-state index contributed by atoms with van der Waals surface area (Å²) in [6.07, 6.45) is 2.92. The van der Waals surface area contributed by atoms with Crippen LogP contribution in [-0.2, 0) is 14.8 Å². The molecule has 0 aromatic rings. The summed E-state index contributed by atoms with van der Waals surface area (Å²) in [5, 5.41) is 0. The smallest absolute Gasteiger partial charge is 0.219 e. The molecule has 0 unspecified atom stereocenters. The second-order valence-electron chi connectivity index (χ2n) is 4.07. The molecule has 1 saturated heterocycles. The lowest BCUT2D eigenvalue weighted by Crippen LogP contribution is -2.40. The molecule has 88 valence electrons. The average Bonchev–Trinajstić information content (AvgIpc) is 2.14. The highest BCUT2D eigenvalue weighted by atomic mass is 32.2. The van der Waals surface area contributed by atoms with Crippen LogP contribution in [0.4, 0.5) is 0 Å². The molecule has 1 aliphatic heterocycles. The molecule has 1 N–H and O–H groups in total. The summed E-state index contributed by atoms with van der Waals surface area (Å²) >= 11 is 0. The third-order valence-electron chi connectivity index (χ3n) is 2.69. The van der Waals surface area contributed by atoms with Gasteiger partial charge in [-0.1, -0.05) is 0 Å². The first-order valence-electron chi connectivity index (χ1n) is 5.08. The molecule has 1 rings (SSSR count). The quantitative estimate of drug-likeness (QED) is 0.735. The van der Waals surface area contributed by atoms with E-state index in [1.54, 1.807) is 11.8 Å². The van der Waals surface area contributed by atoms with Gasteiger partial charge in [0.25, 0.3) is 0 Å². The van der Waals surface area contributed by atoms with Gasteiger partial charge in [0.15, 0.2) is 0 Å². The SMILES string of the molecule is CC(=O)N1CCC(CNS(C)(=O)=O)CC1. The molecule has 6 heteroatoms. The van der Waals surface area contributed by atoms with E-state index in [1.165, 1.54) is 0 Å². The number of hydrogen-bond acceptors (Lipinski definition) is 3. The highest BCUT2D eigenvalue weighted by Crippen LogP contribution is 2.16. The molecule has 15 heavy (non-hydrogen) atoms. The van der Waals surface area contributed by atoms with Crippen LogP contribution in [0.2, 0.25) is 0 Å². The second kappa shape index (κ2) is 4.94. The Morgan fingerprint density at radius 3 is 2.33 bits per heavy atom. The van der Waals surface area contributed by atoms with Gasteiger partial charge < -0.3 is 4.90 Å². The molecular formula is C9H18N2O3S. The van der Waals surface area contributed by atoms with E-state index in [2.05, 4.69) is 4.72 Å². The van der Waals surface area contributed by atoms with Crippen molar-refractivity contribution in [1.82, 2.24) is 9.62 Å². The minimum atomic E-state index is -3.08. The van der Waals surface area contributed by atoms with Crippen LogP contribution in [0, 0.1) is 5.92 Å². The zero-order valence-corrected chi connectivity index (χ0v) is 10.0. The summed E-state index contributed by atoms with van der Waals surface area (Å²) < 4.78 is 24.2. The van der Waals surface area contributed by atoms with Crippen LogP contribution in [0.25, 0.3) is 0 Å². The van der Waals surface area contributed by atoms with Gasteiger partial charge in [-0.2, -0.15) is 0 Å². The maximum atomic E-state index is 11.0. The topological polar surface area (TPSA) is 66.5 Å². The van der Waals surface area contributed by atoms with Crippen molar-refractivity contribution in [2.45, 2.75) is 19.8 Å². The standard InChI is InChI=1S/C9H18N2O3S/c1-8(12)11-5-3-9(4-6-11)7-10-15(2,13)14/h9-10H,3-7H2,1-2H3. The largest absolute Gasteiger partial charge is 0.343 e. The summed E-state index contributed by atoms with van der Waals surface area (Å²) in [6, 6.07) is 0. The number of carbonyl (C=O) groups excluding carboxylic acids is 1. The normalized spacial score (nSPS) is 19.2. The van der Waals surface area contributed by atoms with Gasteiger partial charge in [-0.05, 0) is 18.8 Å². The molecule has 0 aromatic carbocycles. The van der Waals surface area contributed by atoms with Gasteiger partial charge >= 0.3 is 0 Å². The van der Waals surface area contributed by atoms with Gasteiger partial charge in [0.2, 0.25) is 15.9 Å². The number of rotatable bonds is 3. The fourth-order valence-electron chi connectivity index (χ4n) is 1.72. The van der Waals surface area contributed by atoms with Gasteiger partial charge in [-0.15, -0.1) is 0 Å². The number of carbonyl (C=O) groups is 1. The van der Waals surface area contributed by atoms with Gasteiger partial charge in [0, 0.05) is 26.6 Å². The van der Waals surface area contributed by atoms with Crippen LogP contribution in [0.15, 0.2) is 0 Å². The monoisotopic (exact) mass is 234 g/mol. The number of nitrogens with one attached hydrogen (secondary N) is 1. The Labute approximate surface area is 90.9 Å². The Morgan fingerprint density at radius 2 is 1.93 bits per heavy atom. The summed E-state index contributed by atoms with van der Waals surface area (Å²) in [4.78, 5) is 12.8. The van der Waals surface area contributed by atoms with Crippen molar-refractivity contribution in [3.63, 3.8) is 0 Å². The van der Waals surface area contributed by atoms with Crippen LogP contribution >= 0.6 is 0 Å². The Morgan fingerprint density at radius 1 is 1.40 bits per heavy atom. The molecule has 0 bridgehead atoms. The number of nitrogens with zero attached hydrogens (tertiary/aromatic N) is 1. The van der Waals surface area contributed by atoms with E-state index in [4.69, 9.17) is 0 Å². The molecule has 1 heterocycles. The molecule has 1 amide bonds. The lowest BCUT2D eigenvalue weighted by molar-refractivity contribution is -0.130. The van der Waals surface area contributed by atoms with Gasteiger partial charge in [-0.3, -0.25) is 4.79 Å². The molecule has 0 aliphatic carbocycles. The maximum Gasteiger partial charge on any atom is 0.219 e. The lowest BCUT2D eigenvalue weighted by Gasteiger charge is -2.31. The molecule has 1 aliphatic rings. The molecule has 1 fully saturated rings. The maximum absolute atomic E-state index is 11.0. The van der Waals surface area contributed by atoms with Crippen LogP contribution in [0.5, 0.6) is 0 Å². The van der Waals surface area contributed by atoms with E-state index >= 15 is 0 Å². The molecule has 5 nitrogen and oxygen atoms in total. The van der Waals surface area contributed by atoms with Crippen molar-refractivity contribution in [3.05, 3.63) is 0 Å². The fourth-order valence-corrected chi connectivity index (χ4v) is 2.26. The zero-order chi connectivity index (χ0) is 11.5. The van der Waals surface area contributed by atoms with Crippen molar-refractivity contribution < 1.29 is 13.2 Å². The minimum Gasteiger partial charge on any atom is -0.343 e. The predicted octanol–water partition coefficient (Wildman–Crippen LogP) is -0.206. The molecule has 0 radical (unpaired) electrons. The van der Waals surface area contributed by atoms with E-state index in [0.29, 0.717) is 12.5 Å². The van der Waals surface area contributed by atoms with E-state index in [1.807, 2.05) is 0 Å². The Balaban J connectivity index is 2.29. The first-order valence-corrected chi connectivity index (χ1v) is 6.98. The highest BCUT2D eigenvalue weighted by molar-refractivity contribution is 7.88. The third kappa shape index (κ3) is 4.61. The summed E-state index contributed by atoms with van der Waals surface area (Å²) in [6.45, 7) is 3.54. The molecule has 0 aromatic heterocycles. The number of amides is 1. The van der Waals surface area contributed by atoms with E-state index in [0.717, 1.165) is 32.2 Å². The number of piperidine rings is 1. The number of sulfonamides is 1. The Hall–Kier alpha value is -0.620. The van der Waals surface area contributed by atoms with Crippen LogP contribution < -0.4 is 4.72 Å². The molecule has 0 spiro atoms. The van der Waals surface area contributed by atoms with Crippen molar-refractivity contribution in [1.29, 1.82) is 0 Å². The van der Waals surface area contributed by atoms with Gasteiger partial charge in [-0.25, -0.2) is 13.1 Å². The minimum absolute atomic E-state index is 0.101. The second-order valence-corrected chi connectivity index (χ2v) is 5.90. The molecule has 0 saturated carbocycles. The van der Waals surface area contributed by atoms with Crippen LogP contribution in [0.3, 0.4) is 0 Å². The van der Waals surface area contributed by atoms with Crippen molar-refractivity contribution >= 4 is 15.9 Å². The number of hydrogen-bond donors (Lipinski definition) is 1. The van der Waals surface area contributed by atoms with Crippen molar-refractivity contribution in [2.75, 3.05) is 25.9 Å². The van der Waals surface area contributed by atoms with E-state index in [-0.39, 0.29) is 5.91 Å². The lowest BCUT2D eigenvalue weighted by atomic mass is 9.97. The number of likely N-dealkylation sites (tertiary alicyclic amines) is 1. The van der Waals surface area contributed by atoms with E-state index < -0.39 is 10.0 Å². The van der Waals surface area contributed by atoms with Gasteiger partial charge in [0.1, 0.15) is 0 Å². The highest BCUT2D eigenvalue weighted by Gasteiger charge is 2.21. The summed E-state index contributed by atoms with van der Waals surface area (Å²) in [5.41, 5.74) is 0. The zero-order valence-electron chi connectivity index (χ0n) is 9.19. The Bertz CT molecular complexity index is 318. The van der Waals surface area contributed by atoms with Crippen molar-refractivity contribution in [2.24, 2.45) is 5.92 Å². The molecule has 0 atom stereocenters. The summed E-state index contributed by atoms with van der Waals surface area (Å²) in [7, 11) is -3.08. The Kier molecular flexibility index (Phi) is 4.10. The van der Waals surface area contributed by atoms with Gasteiger partial charge in [0.05, 0.1) is 6.26 Å². The average molecular weight is 234 g/mol. The first-order chi connectivity index (χ1) is 6.88. The van der Waals surface area contributed by atoms with Crippen LogP contribution in [-0.4, -0.2) is 45.1 Å². The summed E-state index contributed by atoms with van der Waals surface area (Å²) in [5.74, 6) is 0.458. The first kappa shape index (κ1) is 12.4.